The van der Waals surface area contributed by atoms with Crippen molar-refractivity contribution < 1.29 is 14.4 Å². The van der Waals surface area contributed by atoms with Crippen LogP contribution in [0.4, 0.5) is 0 Å². The molecule has 1 aliphatic heterocycles. The lowest BCUT2D eigenvalue weighted by molar-refractivity contribution is -0.142. The zero-order valence-electron chi connectivity index (χ0n) is 20.2. The van der Waals surface area contributed by atoms with Gasteiger partial charge in [-0.25, -0.2) is 0 Å². The molecule has 0 aromatic heterocycles. The molecular formula is C27H36N4O3. The van der Waals surface area contributed by atoms with Crippen LogP contribution in [0.25, 0.3) is 0 Å². The van der Waals surface area contributed by atoms with Gasteiger partial charge in [0, 0.05) is 19.0 Å². The molecule has 3 rings (SSSR count). The Bertz CT molecular complexity index is 923. The molecule has 34 heavy (non-hydrogen) atoms. The van der Waals surface area contributed by atoms with Crippen LogP contribution in [0.1, 0.15) is 50.7 Å². The highest BCUT2D eigenvalue weighted by atomic mass is 16.2. The maximum Gasteiger partial charge on any atom is 0.246 e. The van der Waals surface area contributed by atoms with Crippen molar-refractivity contribution in [1.82, 2.24) is 15.5 Å². The van der Waals surface area contributed by atoms with E-state index in [9.17, 15) is 14.4 Å². The Morgan fingerprint density at radius 3 is 2.03 bits per heavy atom. The molecule has 7 heteroatoms. The second-order valence-electron chi connectivity index (χ2n) is 9.33. The third kappa shape index (κ3) is 6.23. The Morgan fingerprint density at radius 1 is 0.971 bits per heavy atom. The van der Waals surface area contributed by atoms with E-state index < -0.39 is 18.1 Å². The van der Waals surface area contributed by atoms with E-state index >= 15 is 0 Å². The smallest absolute Gasteiger partial charge is 0.246 e. The second kappa shape index (κ2) is 11.8. The number of carbonyl (C=O) groups excluding carboxylic acids is 3. The van der Waals surface area contributed by atoms with Gasteiger partial charge in [-0.3, -0.25) is 14.4 Å². The van der Waals surface area contributed by atoms with E-state index in [-0.39, 0.29) is 29.6 Å². The van der Waals surface area contributed by atoms with Gasteiger partial charge in [0.05, 0.1) is 6.04 Å². The highest BCUT2D eigenvalue weighted by molar-refractivity contribution is 5.93. The molecule has 7 nitrogen and oxygen atoms in total. The third-order valence-electron chi connectivity index (χ3n) is 6.37. The fourth-order valence-electron chi connectivity index (χ4n) is 4.40. The molecule has 0 aliphatic carbocycles. The normalized spacial score (nSPS) is 17.5. The van der Waals surface area contributed by atoms with Crippen molar-refractivity contribution in [1.29, 1.82) is 0 Å². The molecule has 2 aromatic carbocycles. The van der Waals surface area contributed by atoms with Crippen LogP contribution in [0.2, 0.25) is 0 Å². The molecule has 0 radical (unpaired) electrons. The summed E-state index contributed by atoms with van der Waals surface area (Å²) in [6.07, 6.45) is 1.35. The van der Waals surface area contributed by atoms with Gasteiger partial charge in [-0.2, -0.15) is 0 Å². The molecule has 0 bridgehead atoms. The minimum Gasteiger partial charge on any atom is -0.353 e. The molecule has 2 aromatic rings. The van der Waals surface area contributed by atoms with Crippen molar-refractivity contribution in [2.45, 2.75) is 57.7 Å². The van der Waals surface area contributed by atoms with Gasteiger partial charge < -0.3 is 21.3 Å². The fourth-order valence-corrected chi connectivity index (χ4v) is 4.40. The van der Waals surface area contributed by atoms with Crippen LogP contribution in [-0.4, -0.2) is 53.8 Å². The minimum atomic E-state index is -0.715. The van der Waals surface area contributed by atoms with E-state index in [1.54, 1.807) is 11.8 Å². The number of rotatable bonds is 9. The molecule has 3 amide bonds. The van der Waals surface area contributed by atoms with Gasteiger partial charge in [-0.1, -0.05) is 74.5 Å². The van der Waals surface area contributed by atoms with E-state index in [0.29, 0.717) is 19.5 Å². The Balaban J connectivity index is 1.71. The molecule has 1 heterocycles. The van der Waals surface area contributed by atoms with Gasteiger partial charge in [0.25, 0.3) is 0 Å². The van der Waals surface area contributed by atoms with Crippen molar-refractivity contribution in [2.75, 3.05) is 13.1 Å². The van der Waals surface area contributed by atoms with E-state index in [4.69, 9.17) is 5.73 Å². The third-order valence-corrected chi connectivity index (χ3v) is 6.37. The molecule has 0 saturated carbocycles. The maximum absolute atomic E-state index is 13.3. The Labute approximate surface area is 202 Å². The average molecular weight is 465 g/mol. The zero-order valence-corrected chi connectivity index (χ0v) is 20.2. The highest BCUT2D eigenvalue weighted by Crippen LogP contribution is 2.25. The fraction of sp³-hybridized carbons (Fsp3) is 0.444. The summed E-state index contributed by atoms with van der Waals surface area (Å²) in [4.78, 5) is 40.3. The summed E-state index contributed by atoms with van der Waals surface area (Å²) in [5, 5.41) is 5.85. The molecule has 0 spiro atoms. The predicted molar refractivity (Wildman–Crippen MR) is 133 cm³/mol. The summed E-state index contributed by atoms with van der Waals surface area (Å²) >= 11 is 0. The number of hydrogen-bond acceptors (Lipinski definition) is 4. The quantitative estimate of drug-likeness (QED) is 0.530. The van der Waals surface area contributed by atoms with Crippen LogP contribution in [0.15, 0.2) is 60.7 Å². The van der Waals surface area contributed by atoms with Crippen LogP contribution in [0, 0.1) is 5.92 Å². The van der Waals surface area contributed by atoms with Crippen molar-refractivity contribution in [3.8, 4) is 0 Å². The Morgan fingerprint density at radius 2 is 1.53 bits per heavy atom. The predicted octanol–water partition coefficient (Wildman–Crippen LogP) is 2.41. The van der Waals surface area contributed by atoms with Crippen molar-refractivity contribution in [3.05, 3.63) is 71.8 Å². The average Bonchev–Trinajstić information content (AvgIpc) is 3.33. The van der Waals surface area contributed by atoms with Gasteiger partial charge in [0.1, 0.15) is 12.1 Å². The number of likely N-dealkylation sites (tertiary alicyclic amines) is 1. The minimum absolute atomic E-state index is 0.00523. The molecule has 1 aliphatic rings. The first-order valence-electron chi connectivity index (χ1n) is 12.0. The SMILES string of the molecule is CC(C)[C@H](NC(=O)[C@H](C)N)C(=O)N1CCC[C@H]1C(=O)NCC(c1ccccc1)c1ccccc1. The summed E-state index contributed by atoms with van der Waals surface area (Å²) in [7, 11) is 0. The van der Waals surface area contributed by atoms with Crippen LogP contribution in [0.3, 0.4) is 0 Å². The van der Waals surface area contributed by atoms with E-state index in [2.05, 4.69) is 34.9 Å². The summed E-state index contributed by atoms with van der Waals surface area (Å²) in [6, 6.07) is 18.2. The summed E-state index contributed by atoms with van der Waals surface area (Å²) < 4.78 is 0. The molecule has 0 unspecified atom stereocenters. The van der Waals surface area contributed by atoms with Crippen LogP contribution < -0.4 is 16.4 Å². The van der Waals surface area contributed by atoms with Gasteiger partial charge in [-0.15, -0.1) is 0 Å². The van der Waals surface area contributed by atoms with Crippen LogP contribution in [0.5, 0.6) is 0 Å². The largest absolute Gasteiger partial charge is 0.353 e. The lowest BCUT2D eigenvalue weighted by Crippen LogP contribution is -2.57. The number of nitrogens with one attached hydrogen (secondary N) is 2. The summed E-state index contributed by atoms with van der Waals surface area (Å²) in [5.74, 6) is -0.889. The number of carbonyl (C=O) groups is 3. The monoisotopic (exact) mass is 464 g/mol. The Kier molecular flexibility index (Phi) is 8.82. The lowest BCUT2D eigenvalue weighted by Gasteiger charge is -2.31. The topological polar surface area (TPSA) is 105 Å². The number of hydrogen-bond donors (Lipinski definition) is 3. The first-order valence-corrected chi connectivity index (χ1v) is 12.0. The van der Waals surface area contributed by atoms with Crippen LogP contribution >= 0.6 is 0 Å². The van der Waals surface area contributed by atoms with Gasteiger partial charge in [0.15, 0.2) is 0 Å². The van der Waals surface area contributed by atoms with E-state index in [1.165, 1.54) is 0 Å². The van der Waals surface area contributed by atoms with E-state index in [0.717, 1.165) is 17.5 Å². The van der Waals surface area contributed by atoms with Gasteiger partial charge in [0.2, 0.25) is 17.7 Å². The highest BCUT2D eigenvalue weighted by Gasteiger charge is 2.38. The van der Waals surface area contributed by atoms with Crippen molar-refractivity contribution in [2.24, 2.45) is 11.7 Å². The lowest BCUT2D eigenvalue weighted by atomic mass is 9.91. The van der Waals surface area contributed by atoms with Gasteiger partial charge >= 0.3 is 0 Å². The summed E-state index contributed by atoms with van der Waals surface area (Å²) in [6.45, 7) is 6.26. The van der Waals surface area contributed by atoms with Crippen molar-refractivity contribution >= 4 is 17.7 Å². The molecule has 1 fully saturated rings. The zero-order chi connectivity index (χ0) is 24.7. The Hall–Kier alpha value is -3.19. The molecule has 1 saturated heterocycles. The first kappa shape index (κ1) is 25.4. The number of benzene rings is 2. The number of nitrogens with two attached hydrogens (primary N) is 1. The number of nitrogens with zero attached hydrogens (tertiary/aromatic N) is 1. The first-order chi connectivity index (χ1) is 16.3. The van der Waals surface area contributed by atoms with Crippen LogP contribution in [-0.2, 0) is 14.4 Å². The second-order valence-corrected chi connectivity index (χ2v) is 9.33. The number of amides is 3. The molecule has 4 N–H and O–H groups in total. The molecule has 3 atom stereocenters. The molecular weight excluding hydrogens is 428 g/mol. The van der Waals surface area contributed by atoms with Gasteiger partial charge in [-0.05, 0) is 36.8 Å². The maximum atomic E-state index is 13.3. The van der Waals surface area contributed by atoms with Crippen molar-refractivity contribution in [3.63, 3.8) is 0 Å². The standard InChI is InChI=1S/C27H36N4O3/c1-18(2)24(30-25(32)19(3)28)27(34)31-16-10-15-23(31)26(33)29-17-22(20-11-6-4-7-12-20)21-13-8-5-9-14-21/h4-9,11-14,18-19,22-24H,10,15-17,28H2,1-3H3,(H,29,33)(H,30,32)/t19-,23-,24-/m0/s1. The summed E-state index contributed by atoms with van der Waals surface area (Å²) in [5.41, 5.74) is 7.91. The molecule has 182 valence electrons. The van der Waals surface area contributed by atoms with E-state index in [1.807, 2.05) is 50.2 Å².